The number of amides is 1. The molecule has 18 heavy (non-hydrogen) atoms. The van der Waals surface area contributed by atoms with Crippen molar-refractivity contribution in [3.05, 3.63) is 28.0 Å². The molecular formula is C11H15N5OS. The van der Waals surface area contributed by atoms with E-state index in [1.54, 1.807) is 4.57 Å². The van der Waals surface area contributed by atoms with Gasteiger partial charge in [0.2, 0.25) is 5.82 Å². The smallest absolute Gasteiger partial charge is 0.319 e. The van der Waals surface area contributed by atoms with Crippen molar-refractivity contribution in [3.63, 3.8) is 0 Å². The van der Waals surface area contributed by atoms with Crippen LogP contribution in [0.4, 0.5) is 0 Å². The minimum atomic E-state index is -0.431. The Balaban J connectivity index is 2.31. The normalized spacial score (nSPS) is 13.0. The Morgan fingerprint density at radius 2 is 2.22 bits per heavy atom. The first-order valence-electron chi connectivity index (χ1n) is 5.50. The number of thiazole rings is 1. The quantitative estimate of drug-likeness (QED) is 0.843. The van der Waals surface area contributed by atoms with Gasteiger partial charge >= 0.3 is 5.91 Å². The van der Waals surface area contributed by atoms with Crippen molar-refractivity contribution in [2.24, 2.45) is 12.0 Å². The Morgan fingerprint density at radius 1 is 1.50 bits per heavy atom. The highest BCUT2D eigenvalue weighted by molar-refractivity contribution is 7.07. The van der Waals surface area contributed by atoms with Gasteiger partial charge in [0.25, 0.3) is 0 Å². The van der Waals surface area contributed by atoms with Gasteiger partial charge in [-0.1, -0.05) is 20.8 Å². The molecule has 0 saturated carbocycles. The van der Waals surface area contributed by atoms with Crippen LogP contribution in [-0.2, 0) is 12.5 Å². The van der Waals surface area contributed by atoms with E-state index in [0.29, 0.717) is 10.6 Å². The Labute approximate surface area is 108 Å². The molecule has 0 spiro atoms. The summed E-state index contributed by atoms with van der Waals surface area (Å²) in [4.78, 5) is 20.7. The highest BCUT2D eigenvalue weighted by Crippen LogP contribution is 2.17. The van der Waals surface area contributed by atoms with Gasteiger partial charge in [-0.25, -0.2) is 4.98 Å². The predicted molar refractivity (Wildman–Crippen MR) is 68.3 cm³/mol. The maximum absolute atomic E-state index is 11.9. The molecule has 0 aliphatic carbocycles. The van der Waals surface area contributed by atoms with E-state index in [-0.39, 0.29) is 11.2 Å². The number of hydrogen-bond acceptors (Lipinski definition) is 4. The number of rotatable bonds is 1. The number of aryl methyl sites for hydroxylation is 1. The summed E-state index contributed by atoms with van der Waals surface area (Å²) in [6, 6.07) is 0. The maximum Gasteiger partial charge on any atom is 0.319 e. The van der Waals surface area contributed by atoms with E-state index in [9.17, 15) is 4.79 Å². The lowest BCUT2D eigenvalue weighted by Gasteiger charge is -2.12. The molecule has 2 rings (SSSR count). The summed E-state index contributed by atoms with van der Waals surface area (Å²) in [5.41, 5.74) is -0.168. The van der Waals surface area contributed by atoms with Crippen molar-refractivity contribution in [1.82, 2.24) is 19.7 Å². The molecule has 2 aromatic heterocycles. The van der Waals surface area contributed by atoms with Crippen LogP contribution in [0.15, 0.2) is 16.6 Å². The molecule has 7 heteroatoms. The van der Waals surface area contributed by atoms with Crippen LogP contribution in [0.5, 0.6) is 0 Å². The molecule has 0 radical (unpaired) electrons. The summed E-state index contributed by atoms with van der Waals surface area (Å²) in [5.74, 6) is 0.352. The zero-order chi connectivity index (χ0) is 13.3. The SMILES string of the molecule is Cn1ccsc1=NC(=O)c1n[nH]c(C(C)(C)C)n1. The second kappa shape index (κ2) is 4.49. The minimum absolute atomic E-state index is 0.105. The molecule has 1 N–H and O–H groups in total. The van der Waals surface area contributed by atoms with Gasteiger partial charge in [-0.05, 0) is 0 Å². The number of aromatic nitrogens is 4. The summed E-state index contributed by atoms with van der Waals surface area (Å²) in [6.07, 6.45) is 1.84. The molecule has 2 heterocycles. The van der Waals surface area contributed by atoms with Crippen molar-refractivity contribution in [2.45, 2.75) is 26.2 Å². The minimum Gasteiger partial charge on any atom is -0.327 e. The van der Waals surface area contributed by atoms with Gasteiger partial charge in [-0.3, -0.25) is 9.89 Å². The highest BCUT2D eigenvalue weighted by atomic mass is 32.1. The third kappa shape index (κ3) is 2.56. The number of nitrogens with one attached hydrogen (secondary N) is 1. The van der Waals surface area contributed by atoms with Crippen molar-refractivity contribution in [2.75, 3.05) is 0 Å². The van der Waals surface area contributed by atoms with Gasteiger partial charge in [0.1, 0.15) is 5.82 Å². The molecule has 1 amide bonds. The first kappa shape index (κ1) is 12.7. The maximum atomic E-state index is 11.9. The van der Waals surface area contributed by atoms with Gasteiger partial charge in [-0.2, -0.15) is 4.99 Å². The van der Waals surface area contributed by atoms with Gasteiger partial charge in [0, 0.05) is 24.0 Å². The largest absolute Gasteiger partial charge is 0.327 e. The van der Waals surface area contributed by atoms with Crippen molar-refractivity contribution >= 4 is 17.2 Å². The number of H-pyrrole nitrogens is 1. The molecule has 0 aromatic carbocycles. The van der Waals surface area contributed by atoms with Crippen molar-refractivity contribution in [1.29, 1.82) is 0 Å². The summed E-state index contributed by atoms with van der Waals surface area (Å²) in [7, 11) is 1.83. The van der Waals surface area contributed by atoms with Crippen LogP contribution in [-0.4, -0.2) is 25.7 Å². The number of aromatic amines is 1. The average Bonchev–Trinajstić information content (AvgIpc) is 2.87. The topological polar surface area (TPSA) is 75.9 Å². The second-order valence-corrected chi connectivity index (χ2v) is 5.84. The average molecular weight is 265 g/mol. The highest BCUT2D eigenvalue weighted by Gasteiger charge is 2.21. The Bertz CT molecular complexity index is 628. The molecule has 96 valence electrons. The number of hydrogen-bond donors (Lipinski definition) is 1. The lowest BCUT2D eigenvalue weighted by Crippen LogP contribution is -2.15. The van der Waals surface area contributed by atoms with E-state index >= 15 is 0 Å². The molecule has 0 atom stereocenters. The Morgan fingerprint density at radius 3 is 2.72 bits per heavy atom. The summed E-state index contributed by atoms with van der Waals surface area (Å²) in [5, 5.41) is 8.55. The molecule has 0 aliphatic heterocycles. The van der Waals surface area contributed by atoms with Crippen LogP contribution in [0.3, 0.4) is 0 Å². The van der Waals surface area contributed by atoms with Gasteiger partial charge in [-0.15, -0.1) is 16.4 Å². The van der Waals surface area contributed by atoms with Gasteiger partial charge < -0.3 is 4.57 Å². The lowest BCUT2D eigenvalue weighted by atomic mass is 9.96. The van der Waals surface area contributed by atoms with E-state index in [4.69, 9.17) is 0 Å². The number of carbonyl (C=O) groups excluding carboxylic acids is 1. The van der Waals surface area contributed by atoms with E-state index in [2.05, 4.69) is 20.2 Å². The standard InChI is InChI=1S/C11H15N5OS/c1-11(2,3)9-12-7(14-15-9)8(17)13-10-16(4)5-6-18-10/h5-6H,1-4H3,(H,12,14,15). The molecule has 0 fully saturated rings. The summed E-state index contributed by atoms with van der Waals surface area (Å²) in [6.45, 7) is 5.99. The zero-order valence-electron chi connectivity index (χ0n) is 10.8. The Hall–Kier alpha value is -1.76. The first-order chi connectivity index (χ1) is 8.38. The van der Waals surface area contributed by atoms with Crippen molar-refractivity contribution < 1.29 is 4.79 Å². The molecule has 0 unspecified atom stereocenters. The molecule has 0 saturated heterocycles. The Kier molecular flexibility index (Phi) is 3.16. The second-order valence-electron chi connectivity index (χ2n) is 4.97. The monoisotopic (exact) mass is 265 g/mol. The summed E-state index contributed by atoms with van der Waals surface area (Å²) < 4.78 is 1.78. The fourth-order valence-electron chi connectivity index (χ4n) is 1.26. The molecular weight excluding hydrogens is 250 g/mol. The van der Waals surface area contributed by atoms with Crippen LogP contribution in [0, 0.1) is 0 Å². The van der Waals surface area contributed by atoms with Gasteiger partial charge in [0.05, 0.1) is 0 Å². The third-order valence-corrected chi connectivity index (χ3v) is 3.19. The molecule has 0 bridgehead atoms. The van der Waals surface area contributed by atoms with E-state index in [1.165, 1.54) is 11.3 Å². The molecule has 2 aromatic rings. The van der Waals surface area contributed by atoms with Crippen LogP contribution < -0.4 is 4.80 Å². The predicted octanol–water partition coefficient (Wildman–Crippen LogP) is 1.24. The summed E-state index contributed by atoms with van der Waals surface area (Å²) >= 11 is 1.39. The van der Waals surface area contributed by atoms with Crippen molar-refractivity contribution in [3.8, 4) is 0 Å². The molecule has 0 aliphatic rings. The van der Waals surface area contributed by atoms with Crippen LogP contribution >= 0.6 is 11.3 Å². The number of nitrogens with zero attached hydrogens (tertiary/aromatic N) is 4. The van der Waals surface area contributed by atoms with E-state index in [1.807, 2.05) is 39.4 Å². The van der Waals surface area contributed by atoms with Crippen LogP contribution in [0.2, 0.25) is 0 Å². The van der Waals surface area contributed by atoms with Crippen LogP contribution in [0.25, 0.3) is 0 Å². The number of carbonyl (C=O) groups is 1. The third-order valence-electron chi connectivity index (χ3n) is 2.34. The zero-order valence-corrected chi connectivity index (χ0v) is 11.6. The first-order valence-corrected chi connectivity index (χ1v) is 6.38. The van der Waals surface area contributed by atoms with E-state index in [0.717, 1.165) is 0 Å². The molecule has 6 nitrogen and oxygen atoms in total. The fraction of sp³-hybridized carbons (Fsp3) is 0.455. The van der Waals surface area contributed by atoms with Crippen LogP contribution in [0.1, 0.15) is 37.2 Å². The van der Waals surface area contributed by atoms with Gasteiger partial charge in [0.15, 0.2) is 4.80 Å². The lowest BCUT2D eigenvalue weighted by molar-refractivity contribution is 0.0988. The van der Waals surface area contributed by atoms with E-state index < -0.39 is 5.91 Å². The fourth-order valence-corrected chi connectivity index (χ4v) is 1.99.